The predicted octanol–water partition coefficient (Wildman–Crippen LogP) is 4.17. The van der Waals surface area contributed by atoms with Crippen LogP contribution in [0.1, 0.15) is 38.3 Å². The van der Waals surface area contributed by atoms with Gasteiger partial charge in [-0.05, 0) is 44.4 Å². The van der Waals surface area contributed by atoms with Crippen molar-refractivity contribution in [3.8, 4) is 11.5 Å². The van der Waals surface area contributed by atoms with E-state index >= 15 is 0 Å². The van der Waals surface area contributed by atoms with Crippen molar-refractivity contribution in [1.29, 1.82) is 0 Å². The Morgan fingerprint density at radius 3 is 2.06 bits per heavy atom. The summed E-state index contributed by atoms with van der Waals surface area (Å²) in [5, 5.41) is 0. The Kier molecular flexibility index (Phi) is 5.76. The Bertz CT molecular complexity index is 390. The highest BCUT2D eigenvalue weighted by Crippen LogP contribution is 2.32. The first-order valence-corrected chi connectivity index (χ1v) is 6.49. The maximum Gasteiger partial charge on any atom is 0.126 e. The molecule has 0 atom stereocenters. The highest BCUT2D eigenvalue weighted by molar-refractivity contribution is 5.49. The molecule has 0 aromatic heterocycles. The van der Waals surface area contributed by atoms with Crippen molar-refractivity contribution in [3.63, 3.8) is 0 Å². The van der Waals surface area contributed by atoms with E-state index in [1.54, 1.807) is 14.2 Å². The van der Waals surface area contributed by atoms with Crippen molar-refractivity contribution in [3.05, 3.63) is 34.9 Å². The molecule has 0 aliphatic heterocycles. The first-order valence-electron chi connectivity index (χ1n) is 6.49. The summed E-state index contributed by atoms with van der Waals surface area (Å²) in [6.45, 7) is 6.38. The molecule has 0 heterocycles. The van der Waals surface area contributed by atoms with E-state index in [2.05, 4.69) is 39.0 Å². The Morgan fingerprint density at radius 2 is 1.67 bits per heavy atom. The summed E-state index contributed by atoms with van der Waals surface area (Å²) < 4.78 is 11.0. The summed E-state index contributed by atoms with van der Waals surface area (Å²) in [6.07, 6.45) is 5.22. The average Bonchev–Trinajstić information content (AvgIpc) is 2.36. The number of hydrogen-bond acceptors (Lipinski definition) is 2. The molecule has 1 aromatic carbocycles. The third kappa shape index (κ3) is 3.80. The lowest BCUT2D eigenvalue weighted by molar-refractivity contribution is 0.386. The minimum Gasteiger partial charge on any atom is -0.496 e. The zero-order chi connectivity index (χ0) is 13.5. The van der Waals surface area contributed by atoms with E-state index in [4.69, 9.17) is 9.47 Å². The fraction of sp³-hybridized carbons (Fsp3) is 0.500. The van der Waals surface area contributed by atoms with Crippen LogP contribution >= 0.6 is 0 Å². The van der Waals surface area contributed by atoms with Gasteiger partial charge in [0.05, 0.1) is 14.2 Å². The summed E-state index contributed by atoms with van der Waals surface area (Å²) in [4.78, 5) is 0. The smallest absolute Gasteiger partial charge is 0.126 e. The van der Waals surface area contributed by atoms with Gasteiger partial charge in [0, 0.05) is 5.56 Å². The van der Waals surface area contributed by atoms with Gasteiger partial charge in [-0.25, -0.2) is 0 Å². The normalized spacial score (nSPS) is 10.1. The van der Waals surface area contributed by atoms with Crippen molar-refractivity contribution >= 4 is 0 Å². The highest BCUT2D eigenvalue weighted by Gasteiger charge is 2.11. The van der Waals surface area contributed by atoms with Gasteiger partial charge in [-0.3, -0.25) is 0 Å². The largest absolute Gasteiger partial charge is 0.496 e. The molecule has 0 radical (unpaired) electrons. The second-order valence-corrected chi connectivity index (χ2v) is 4.71. The number of benzene rings is 1. The van der Waals surface area contributed by atoms with Gasteiger partial charge < -0.3 is 9.47 Å². The van der Waals surface area contributed by atoms with Crippen LogP contribution < -0.4 is 9.47 Å². The summed E-state index contributed by atoms with van der Waals surface area (Å²) in [5.74, 6) is 1.85. The lowest BCUT2D eigenvalue weighted by Crippen LogP contribution is -1.98. The van der Waals surface area contributed by atoms with Crippen LogP contribution in [-0.2, 0) is 12.8 Å². The van der Waals surface area contributed by atoms with E-state index in [0.717, 1.165) is 36.3 Å². The van der Waals surface area contributed by atoms with E-state index in [1.165, 1.54) is 11.1 Å². The number of ether oxygens (including phenoxy) is 2. The predicted molar refractivity (Wildman–Crippen MR) is 76.7 cm³/mol. The van der Waals surface area contributed by atoms with Crippen LogP contribution in [0.4, 0.5) is 0 Å². The van der Waals surface area contributed by atoms with E-state index in [0.29, 0.717) is 0 Å². The molecule has 0 amide bonds. The van der Waals surface area contributed by atoms with Gasteiger partial charge in [0.1, 0.15) is 11.5 Å². The zero-order valence-electron chi connectivity index (χ0n) is 12.2. The third-order valence-corrected chi connectivity index (χ3v) is 2.92. The quantitative estimate of drug-likeness (QED) is 0.704. The summed E-state index contributed by atoms with van der Waals surface area (Å²) >= 11 is 0. The molecular formula is C16H24O2. The van der Waals surface area contributed by atoms with Crippen LogP contribution in [0.2, 0.25) is 0 Å². The van der Waals surface area contributed by atoms with Crippen molar-refractivity contribution in [2.75, 3.05) is 14.2 Å². The van der Waals surface area contributed by atoms with Crippen molar-refractivity contribution in [1.82, 2.24) is 0 Å². The number of hydrogen-bond donors (Lipinski definition) is 0. The maximum absolute atomic E-state index is 5.50. The molecule has 2 heteroatoms. The second kappa shape index (κ2) is 7.10. The number of allylic oxidation sites excluding steroid dienone is 2. The fourth-order valence-corrected chi connectivity index (χ4v) is 1.98. The zero-order valence-corrected chi connectivity index (χ0v) is 12.2. The van der Waals surface area contributed by atoms with Gasteiger partial charge in [0.25, 0.3) is 0 Å². The lowest BCUT2D eigenvalue weighted by atomic mass is 10.0. The molecule has 0 saturated heterocycles. The molecule has 1 rings (SSSR count). The van der Waals surface area contributed by atoms with E-state index < -0.39 is 0 Å². The molecule has 0 saturated carbocycles. The van der Waals surface area contributed by atoms with Crippen molar-refractivity contribution in [2.45, 2.75) is 40.0 Å². The highest BCUT2D eigenvalue weighted by atomic mass is 16.5. The van der Waals surface area contributed by atoms with Crippen molar-refractivity contribution < 1.29 is 9.47 Å². The summed E-state index contributed by atoms with van der Waals surface area (Å²) in [6, 6.07) is 4.25. The molecular weight excluding hydrogens is 224 g/mol. The Balaban J connectivity index is 3.16. The number of rotatable bonds is 6. The lowest BCUT2D eigenvalue weighted by Gasteiger charge is -2.14. The number of methoxy groups -OCH3 is 2. The van der Waals surface area contributed by atoms with E-state index in [9.17, 15) is 0 Å². The SMILES string of the molecule is CCCc1cc(OC)c(CC=C(C)C)c(OC)c1. The Hall–Kier alpha value is -1.44. The fourth-order valence-electron chi connectivity index (χ4n) is 1.98. The van der Waals surface area contributed by atoms with Crippen LogP contribution in [0.5, 0.6) is 11.5 Å². The first-order chi connectivity index (χ1) is 8.62. The van der Waals surface area contributed by atoms with Crippen LogP contribution in [0.3, 0.4) is 0 Å². The molecule has 0 spiro atoms. The standard InChI is InChI=1S/C16H24O2/c1-6-7-13-10-15(17-4)14(9-8-12(2)3)16(11-13)18-5/h8,10-11H,6-7,9H2,1-5H3. The van der Waals surface area contributed by atoms with Crippen LogP contribution in [0.15, 0.2) is 23.8 Å². The summed E-state index contributed by atoms with van der Waals surface area (Å²) in [5.41, 5.74) is 3.70. The second-order valence-electron chi connectivity index (χ2n) is 4.71. The van der Waals surface area contributed by atoms with Crippen LogP contribution in [-0.4, -0.2) is 14.2 Å². The monoisotopic (exact) mass is 248 g/mol. The van der Waals surface area contributed by atoms with Gasteiger partial charge in [-0.15, -0.1) is 0 Å². The first kappa shape index (κ1) is 14.6. The molecule has 0 unspecified atom stereocenters. The van der Waals surface area contributed by atoms with Gasteiger partial charge in [0.15, 0.2) is 0 Å². The van der Waals surface area contributed by atoms with E-state index in [-0.39, 0.29) is 0 Å². The Labute approximate surface area is 111 Å². The maximum atomic E-state index is 5.50. The van der Waals surface area contributed by atoms with Gasteiger partial charge in [-0.2, -0.15) is 0 Å². The van der Waals surface area contributed by atoms with Gasteiger partial charge >= 0.3 is 0 Å². The average molecular weight is 248 g/mol. The van der Waals surface area contributed by atoms with Gasteiger partial charge in [0.2, 0.25) is 0 Å². The minimum atomic E-state index is 0.848. The van der Waals surface area contributed by atoms with E-state index in [1.807, 2.05) is 0 Å². The molecule has 100 valence electrons. The van der Waals surface area contributed by atoms with Gasteiger partial charge in [-0.1, -0.05) is 25.0 Å². The summed E-state index contributed by atoms with van der Waals surface area (Å²) in [7, 11) is 3.44. The Morgan fingerprint density at radius 1 is 1.11 bits per heavy atom. The van der Waals surface area contributed by atoms with Crippen LogP contribution in [0, 0.1) is 0 Å². The minimum absolute atomic E-state index is 0.848. The third-order valence-electron chi connectivity index (χ3n) is 2.92. The molecule has 2 nitrogen and oxygen atoms in total. The number of aryl methyl sites for hydroxylation is 1. The molecule has 0 bridgehead atoms. The van der Waals surface area contributed by atoms with Crippen LogP contribution in [0.25, 0.3) is 0 Å². The molecule has 0 aliphatic rings. The molecule has 18 heavy (non-hydrogen) atoms. The molecule has 0 fully saturated rings. The van der Waals surface area contributed by atoms with Crippen molar-refractivity contribution in [2.24, 2.45) is 0 Å². The molecule has 1 aromatic rings. The topological polar surface area (TPSA) is 18.5 Å². The molecule has 0 N–H and O–H groups in total. The molecule has 0 aliphatic carbocycles.